The fraction of sp³-hybridized carbons (Fsp3) is 0.176. The maximum Gasteiger partial charge on any atom is 0.340 e. The summed E-state index contributed by atoms with van der Waals surface area (Å²) >= 11 is 0. The Morgan fingerprint density at radius 3 is 2.65 bits per heavy atom. The highest BCUT2D eigenvalue weighted by Crippen LogP contribution is 2.41. The smallest absolute Gasteiger partial charge is 0.340 e. The van der Waals surface area contributed by atoms with Gasteiger partial charge in [0.25, 0.3) is 0 Å². The summed E-state index contributed by atoms with van der Waals surface area (Å²) in [4.78, 5) is 24.4. The number of halogens is 2. The van der Waals surface area contributed by atoms with Crippen molar-refractivity contribution in [3.63, 3.8) is 0 Å². The standard InChI is InChI=1S/C17H13F2NO6/c1-24-17(23)13-12(7-2-3-9(18)10(19)4-7)15-14(26-16(13)20)11(22)5-8(6-21)25-15/h2-5,12,21H,6,20H2,1H3. The van der Waals surface area contributed by atoms with Crippen LogP contribution in [0.4, 0.5) is 8.78 Å². The van der Waals surface area contributed by atoms with Gasteiger partial charge in [0.15, 0.2) is 17.4 Å². The van der Waals surface area contributed by atoms with Crippen LogP contribution in [0.5, 0.6) is 5.75 Å². The Bertz CT molecular complexity index is 982. The third-order valence-corrected chi connectivity index (χ3v) is 3.85. The Balaban J connectivity index is 2.32. The van der Waals surface area contributed by atoms with Gasteiger partial charge in [0, 0.05) is 6.07 Å². The maximum atomic E-state index is 13.7. The van der Waals surface area contributed by atoms with Crippen LogP contribution in [0.2, 0.25) is 0 Å². The van der Waals surface area contributed by atoms with Crippen LogP contribution in [0.15, 0.2) is 44.9 Å². The largest absolute Gasteiger partial charge is 0.465 e. The van der Waals surface area contributed by atoms with E-state index in [-0.39, 0.29) is 28.4 Å². The Labute approximate surface area is 145 Å². The van der Waals surface area contributed by atoms with E-state index in [9.17, 15) is 23.5 Å². The lowest BCUT2D eigenvalue weighted by molar-refractivity contribution is -0.136. The summed E-state index contributed by atoms with van der Waals surface area (Å²) in [6.45, 7) is -0.597. The van der Waals surface area contributed by atoms with Crippen LogP contribution in [0.25, 0.3) is 0 Å². The molecule has 0 radical (unpaired) electrons. The first kappa shape index (κ1) is 17.6. The van der Waals surface area contributed by atoms with E-state index in [1.54, 1.807) is 0 Å². The number of hydrogen-bond acceptors (Lipinski definition) is 7. The third kappa shape index (κ3) is 2.82. The van der Waals surface area contributed by atoms with E-state index in [0.717, 1.165) is 25.3 Å². The molecule has 3 rings (SSSR count). The Hall–Kier alpha value is -3.20. The fourth-order valence-corrected chi connectivity index (χ4v) is 2.70. The number of methoxy groups -OCH3 is 1. The first-order valence-corrected chi connectivity index (χ1v) is 7.35. The zero-order chi connectivity index (χ0) is 19.0. The maximum absolute atomic E-state index is 13.7. The van der Waals surface area contributed by atoms with E-state index in [2.05, 4.69) is 4.74 Å². The molecule has 2 heterocycles. The van der Waals surface area contributed by atoms with Crippen molar-refractivity contribution in [1.82, 2.24) is 0 Å². The van der Waals surface area contributed by atoms with Gasteiger partial charge < -0.3 is 24.7 Å². The number of fused-ring (bicyclic) bond motifs is 1. The molecule has 7 nitrogen and oxygen atoms in total. The van der Waals surface area contributed by atoms with Gasteiger partial charge in [-0.2, -0.15) is 0 Å². The van der Waals surface area contributed by atoms with Gasteiger partial charge >= 0.3 is 5.97 Å². The van der Waals surface area contributed by atoms with Gasteiger partial charge in [-0.05, 0) is 17.7 Å². The van der Waals surface area contributed by atoms with Gasteiger partial charge in [0.2, 0.25) is 17.1 Å². The van der Waals surface area contributed by atoms with Crippen molar-refractivity contribution >= 4 is 5.97 Å². The molecule has 1 atom stereocenters. The average Bonchev–Trinajstić information content (AvgIpc) is 2.62. The first-order chi connectivity index (χ1) is 12.4. The number of aliphatic hydroxyl groups is 1. The molecule has 0 fully saturated rings. The van der Waals surface area contributed by atoms with Gasteiger partial charge in [0.05, 0.1) is 13.0 Å². The van der Waals surface area contributed by atoms with Crippen molar-refractivity contribution in [2.24, 2.45) is 5.73 Å². The van der Waals surface area contributed by atoms with E-state index in [1.165, 1.54) is 6.07 Å². The number of carbonyl (C=O) groups excluding carboxylic acids is 1. The monoisotopic (exact) mass is 365 g/mol. The minimum atomic E-state index is -1.19. The van der Waals surface area contributed by atoms with Crippen LogP contribution >= 0.6 is 0 Å². The quantitative estimate of drug-likeness (QED) is 0.788. The number of rotatable bonds is 3. The van der Waals surface area contributed by atoms with E-state index in [4.69, 9.17) is 14.9 Å². The second-order valence-electron chi connectivity index (χ2n) is 5.41. The number of aliphatic hydroxyl groups excluding tert-OH is 1. The second-order valence-corrected chi connectivity index (χ2v) is 5.41. The van der Waals surface area contributed by atoms with Gasteiger partial charge in [-0.15, -0.1) is 0 Å². The highest BCUT2D eigenvalue weighted by molar-refractivity contribution is 5.92. The number of hydrogen-bond donors (Lipinski definition) is 2. The molecule has 0 amide bonds. The number of nitrogens with two attached hydrogens (primary N) is 1. The van der Waals surface area contributed by atoms with Gasteiger partial charge in [-0.25, -0.2) is 13.6 Å². The highest BCUT2D eigenvalue weighted by atomic mass is 19.2. The molecule has 1 aliphatic rings. The van der Waals surface area contributed by atoms with Crippen LogP contribution in [0, 0.1) is 11.6 Å². The predicted molar refractivity (Wildman–Crippen MR) is 83.0 cm³/mol. The summed E-state index contributed by atoms with van der Waals surface area (Å²) in [7, 11) is 1.10. The number of esters is 1. The zero-order valence-corrected chi connectivity index (χ0v) is 13.4. The van der Waals surface area contributed by atoms with Crippen molar-refractivity contribution in [2.75, 3.05) is 7.11 Å². The molecule has 0 bridgehead atoms. The molecule has 0 saturated heterocycles. The molecule has 0 saturated carbocycles. The normalized spacial score (nSPS) is 16.1. The predicted octanol–water partition coefficient (Wildman–Crippen LogP) is 1.28. The van der Waals surface area contributed by atoms with E-state index in [1.807, 2.05) is 0 Å². The molecular formula is C17H13F2NO6. The summed E-state index contributed by atoms with van der Waals surface area (Å²) in [5.74, 6) is -5.38. The van der Waals surface area contributed by atoms with Crippen molar-refractivity contribution in [1.29, 1.82) is 0 Å². The number of carbonyl (C=O) groups is 1. The molecule has 2 aromatic rings. The lowest BCUT2D eigenvalue weighted by Crippen LogP contribution is -2.29. The van der Waals surface area contributed by atoms with Crippen LogP contribution < -0.4 is 15.9 Å². The Morgan fingerprint density at radius 1 is 1.31 bits per heavy atom. The van der Waals surface area contributed by atoms with Crippen LogP contribution in [-0.2, 0) is 16.1 Å². The lowest BCUT2D eigenvalue weighted by atomic mass is 9.86. The van der Waals surface area contributed by atoms with Gasteiger partial charge in [-0.3, -0.25) is 4.79 Å². The lowest BCUT2D eigenvalue weighted by Gasteiger charge is -2.26. The Morgan fingerprint density at radius 2 is 2.04 bits per heavy atom. The van der Waals surface area contributed by atoms with Crippen molar-refractivity contribution in [2.45, 2.75) is 12.5 Å². The fourth-order valence-electron chi connectivity index (χ4n) is 2.70. The molecule has 1 aromatic carbocycles. The summed E-state index contributed by atoms with van der Waals surface area (Å²) < 4.78 is 42.4. The van der Waals surface area contributed by atoms with E-state index in [0.29, 0.717) is 0 Å². The number of ether oxygens (including phenoxy) is 2. The minimum Gasteiger partial charge on any atom is -0.465 e. The number of benzene rings is 1. The molecule has 0 aliphatic carbocycles. The Kier molecular flexibility index (Phi) is 4.47. The zero-order valence-electron chi connectivity index (χ0n) is 13.4. The first-order valence-electron chi connectivity index (χ1n) is 7.35. The van der Waals surface area contributed by atoms with Crippen molar-refractivity contribution in [3.05, 3.63) is 74.7 Å². The molecule has 136 valence electrons. The molecule has 1 aromatic heterocycles. The molecule has 3 N–H and O–H groups in total. The molecule has 0 spiro atoms. The van der Waals surface area contributed by atoms with Gasteiger partial charge in [0.1, 0.15) is 17.9 Å². The third-order valence-electron chi connectivity index (χ3n) is 3.85. The SMILES string of the molecule is COC(=O)C1=C(N)Oc2c(oc(CO)cc2=O)C1c1ccc(F)c(F)c1. The van der Waals surface area contributed by atoms with Crippen LogP contribution in [0.3, 0.4) is 0 Å². The molecular weight excluding hydrogens is 352 g/mol. The summed E-state index contributed by atoms with van der Waals surface area (Å²) in [5, 5.41) is 9.26. The summed E-state index contributed by atoms with van der Waals surface area (Å²) in [6.07, 6.45) is 0. The van der Waals surface area contributed by atoms with Gasteiger partial charge in [-0.1, -0.05) is 6.07 Å². The van der Waals surface area contributed by atoms with Crippen molar-refractivity contribution in [3.8, 4) is 5.75 Å². The van der Waals surface area contributed by atoms with Crippen LogP contribution in [-0.4, -0.2) is 18.2 Å². The summed E-state index contributed by atoms with van der Waals surface area (Å²) in [6, 6.07) is 3.91. The van der Waals surface area contributed by atoms with Crippen molar-refractivity contribution < 1.29 is 32.6 Å². The molecule has 1 aliphatic heterocycles. The molecule has 26 heavy (non-hydrogen) atoms. The highest BCUT2D eigenvalue weighted by Gasteiger charge is 2.39. The van der Waals surface area contributed by atoms with E-state index < -0.39 is 41.4 Å². The van der Waals surface area contributed by atoms with Crippen LogP contribution in [0.1, 0.15) is 23.0 Å². The molecule has 9 heteroatoms. The molecule has 1 unspecified atom stereocenters. The van der Waals surface area contributed by atoms with E-state index >= 15 is 0 Å². The average molecular weight is 365 g/mol. The topological polar surface area (TPSA) is 112 Å². The summed E-state index contributed by atoms with van der Waals surface area (Å²) in [5.41, 5.74) is 4.94. The second kappa shape index (κ2) is 6.60. The minimum absolute atomic E-state index is 0.0787.